The summed E-state index contributed by atoms with van der Waals surface area (Å²) in [5.41, 5.74) is 1.46. The number of hydrogen-bond acceptors (Lipinski definition) is 4. The molecular formula is C19H17ClF3NO4. The van der Waals surface area contributed by atoms with Crippen LogP contribution < -0.4 is 19.5 Å². The highest BCUT2D eigenvalue weighted by molar-refractivity contribution is 6.30. The summed E-state index contributed by atoms with van der Waals surface area (Å²) in [5, 5.41) is 1.82. The Balaban J connectivity index is 1.86. The SMILES string of the molecule is Cc1ccc(C(C)C)c(OC(=O)NC2(C(F)(F)F)Oc3ccc(Cl)cc3O2)c1. The molecule has 0 saturated carbocycles. The summed E-state index contributed by atoms with van der Waals surface area (Å²) in [6.07, 6.45) is -6.46. The van der Waals surface area contributed by atoms with Crippen LogP contribution >= 0.6 is 11.6 Å². The van der Waals surface area contributed by atoms with Crippen LogP contribution in [-0.2, 0) is 0 Å². The van der Waals surface area contributed by atoms with Gasteiger partial charge in [0.05, 0.1) is 0 Å². The van der Waals surface area contributed by atoms with Gasteiger partial charge in [-0.2, -0.15) is 13.2 Å². The average molecular weight is 416 g/mol. The van der Waals surface area contributed by atoms with Crippen molar-refractivity contribution < 1.29 is 32.2 Å². The Morgan fingerprint density at radius 1 is 1.14 bits per heavy atom. The Labute approximate surface area is 164 Å². The molecule has 2 aromatic carbocycles. The summed E-state index contributed by atoms with van der Waals surface area (Å²) >= 11 is 5.78. The monoisotopic (exact) mass is 415 g/mol. The topological polar surface area (TPSA) is 56.8 Å². The van der Waals surface area contributed by atoms with E-state index >= 15 is 0 Å². The second-order valence-corrected chi connectivity index (χ2v) is 7.06. The minimum Gasteiger partial charge on any atom is -0.424 e. The van der Waals surface area contributed by atoms with Crippen LogP contribution in [0.3, 0.4) is 0 Å². The molecule has 5 nitrogen and oxygen atoms in total. The first-order chi connectivity index (χ1) is 13.0. The molecule has 0 aromatic heterocycles. The minimum absolute atomic E-state index is 0.00893. The number of aryl methyl sites for hydroxylation is 1. The highest BCUT2D eigenvalue weighted by Crippen LogP contribution is 2.46. The first-order valence-electron chi connectivity index (χ1n) is 8.35. The van der Waals surface area contributed by atoms with Crippen LogP contribution in [0.1, 0.15) is 30.9 Å². The van der Waals surface area contributed by atoms with Gasteiger partial charge >= 0.3 is 18.2 Å². The molecule has 0 bridgehead atoms. The van der Waals surface area contributed by atoms with E-state index in [1.165, 1.54) is 12.1 Å². The number of fused-ring (bicyclic) bond motifs is 1. The lowest BCUT2D eigenvalue weighted by atomic mass is 10.0. The number of rotatable bonds is 3. The van der Waals surface area contributed by atoms with E-state index < -0.39 is 18.2 Å². The molecule has 0 aliphatic carbocycles. The third-order valence-corrected chi connectivity index (χ3v) is 4.28. The molecule has 2 aromatic rings. The van der Waals surface area contributed by atoms with Gasteiger partial charge in [0, 0.05) is 11.1 Å². The largest absolute Gasteiger partial charge is 0.492 e. The van der Waals surface area contributed by atoms with E-state index in [2.05, 4.69) is 0 Å². The molecule has 0 fully saturated rings. The van der Waals surface area contributed by atoms with Crippen molar-refractivity contribution in [2.45, 2.75) is 38.8 Å². The predicted molar refractivity (Wildman–Crippen MR) is 95.9 cm³/mol. The van der Waals surface area contributed by atoms with Gasteiger partial charge in [-0.3, -0.25) is 0 Å². The van der Waals surface area contributed by atoms with Gasteiger partial charge in [-0.15, -0.1) is 0 Å². The van der Waals surface area contributed by atoms with Crippen LogP contribution in [0.5, 0.6) is 17.2 Å². The zero-order chi connectivity index (χ0) is 20.7. The van der Waals surface area contributed by atoms with E-state index in [4.69, 9.17) is 25.8 Å². The zero-order valence-electron chi connectivity index (χ0n) is 15.2. The number of carbonyl (C=O) groups is 1. The average Bonchev–Trinajstić information content (AvgIpc) is 2.92. The fourth-order valence-electron chi connectivity index (χ4n) is 2.68. The molecule has 150 valence electrons. The quantitative estimate of drug-likeness (QED) is 0.714. The number of benzene rings is 2. The van der Waals surface area contributed by atoms with Crippen LogP contribution in [0.15, 0.2) is 36.4 Å². The van der Waals surface area contributed by atoms with Crippen molar-refractivity contribution >= 4 is 17.7 Å². The molecule has 1 amide bonds. The van der Waals surface area contributed by atoms with E-state index in [-0.39, 0.29) is 28.2 Å². The lowest BCUT2D eigenvalue weighted by Gasteiger charge is -2.29. The molecule has 1 aliphatic rings. The van der Waals surface area contributed by atoms with Crippen molar-refractivity contribution in [1.82, 2.24) is 5.32 Å². The molecule has 1 unspecified atom stereocenters. The van der Waals surface area contributed by atoms with E-state index in [9.17, 15) is 18.0 Å². The Morgan fingerprint density at radius 2 is 1.82 bits per heavy atom. The predicted octanol–water partition coefficient (Wildman–Crippen LogP) is 5.55. The lowest BCUT2D eigenvalue weighted by molar-refractivity contribution is -0.318. The van der Waals surface area contributed by atoms with Crippen LogP contribution in [0.2, 0.25) is 5.02 Å². The smallest absolute Gasteiger partial charge is 0.424 e. The van der Waals surface area contributed by atoms with Crippen molar-refractivity contribution in [1.29, 1.82) is 0 Å². The number of hydrogen-bond donors (Lipinski definition) is 1. The number of carbonyl (C=O) groups excluding carboxylic acids is 1. The van der Waals surface area contributed by atoms with Crippen molar-refractivity contribution in [3.05, 3.63) is 52.5 Å². The molecule has 28 heavy (non-hydrogen) atoms. The first-order valence-corrected chi connectivity index (χ1v) is 8.73. The highest BCUT2D eigenvalue weighted by Gasteiger charge is 2.66. The maximum atomic E-state index is 13.7. The Bertz CT molecular complexity index is 917. The van der Waals surface area contributed by atoms with Gasteiger partial charge in [-0.25, -0.2) is 10.1 Å². The van der Waals surface area contributed by atoms with Crippen molar-refractivity contribution in [3.63, 3.8) is 0 Å². The van der Waals surface area contributed by atoms with Gasteiger partial charge in [-0.05, 0) is 42.2 Å². The molecule has 0 saturated heterocycles. The van der Waals surface area contributed by atoms with E-state index in [1.807, 2.05) is 19.9 Å². The van der Waals surface area contributed by atoms with Crippen molar-refractivity contribution in [3.8, 4) is 17.2 Å². The van der Waals surface area contributed by atoms with Gasteiger partial charge in [-0.1, -0.05) is 37.6 Å². The van der Waals surface area contributed by atoms with Crippen molar-refractivity contribution in [2.75, 3.05) is 0 Å². The second kappa shape index (κ2) is 7.09. The molecule has 1 heterocycles. The number of ether oxygens (including phenoxy) is 3. The zero-order valence-corrected chi connectivity index (χ0v) is 15.9. The van der Waals surface area contributed by atoms with E-state index in [0.717, 1.165) is 11.6 Å². The van der Waals surface area contributed by atoms with Crippen LogP contribution in [0.4, 0.5) is 18.0 Å². The maximum Gasteiger partial charge on any atom is 0.492 e. The lowest BCUT2D eigenvalue weighted by Crippen LogP contribution is -2.65. The molecular weight excluding hydrogens is 399 g/mol. The number of nitrogens with one attached hydrogen (secondary N) is 1. The molecule has 3 rings (SSSR count). The van der Waals surface area contributed by atoms with Crippen LogP contribution in [0.25, 0.3) is 0 Å². The highest BCUT2D eigenvalue weighted by atomic mass is 35.5. The van der Waals surface area contributed by atoms with Crippen LogP contribution in [-0.4, -0.2) is 18.2 Å². The maximum absolute atomic E-state index is 13.7. The summed E-state index contributed by atoms with van der Waals surface area (Å²) in [5.74, 6) is -3.73. The Morgan fingerprint density at radius 3 is 2.46 bits per heavy atom. The molecule has 9 heteroatoms. The summed E-state index contributed by atoms with van der Waals surface area (Å²) in [4.78, 5) is 12.3. The first kappa shape index (κ1) is 20.1. The third-order valence-electron chi connectivity index (χ3n) is 4.05. The molecule has 1 N–H and O–H groups in total. The minimum atomic E-state index is -5.09. The second-order valence-electron chi connectivity index (χ2n) is 6.62. The fourth-order valence-corrected chi connectivity index (χ4v) is 2.84. The number of halogens is 4. The van der Waals surface area contributed by atoms with E-state index in [1.54, 1.807) is 24.4 Å². The van der Waals surface area contributed by atoms with Gasteiger partial charge in [0.25, 0.3) is 0 Å². The Hall–Kier alpha value is -2.61. The molecule has 1 aliphatic heterocycles. The molecule has 0 radical (unpaired) electrons. The van der Waals surface area contributed by atoms with Crippen LogP contribution in [0, 0.1) is 6.92 Å². The number of alkyl halides is 3. The summed E-state index contributed by atoms with van der Waals surface area (Å²) in [7, 11) is 0. The third kappa shape index (κ3) is 3.82. The van der Waals surface area contributed by atoms with Gasteiger partial charge < -0.3 is 14.2 Å². The number of amides is 1. The molecule has 0 spiro atoms. The summed E-state index contributed by atoms with van der Waals surface area (Å²) in [6.45, 7) is 5.52. The summed E-state index contributed by atoms with van der Waals surface area (Å²) < 4.78 is 56.1. The Kier molecular flexibility index (Phi) is 5.10. The fraction of sp³-hybridized carbons (Fsp3) is 0.316. The van der Waals surface area contributed by atoms with Crippen molar-refractivity contribution in [2.24, 2.45) is 0 Å². The van der Waals surface area contributed by atoms with Gasteiger partial charge in [0.2, 0.25) is 0 Å². The summed E-state index contributed by atoms with van der Waals surface area (Å²) in [6, 6.07) is 8.87. The standard InChI is InChI=1S/C19H17ClF3NO4/c1-10(2)13-6-4-11(3)8-15(13)26-17(25)24-19(18(21,22)23)27-14-7-5-12(20)9-16(14)28-19/h4-10H,1-3H3,(H,24,25). The van der Waals surface area contributed by atoms with Gasteiger partial charge in [0.15, 0.2) is 11.5 Å². The van der Waals surface area contributed by atoms with E-state index in [0.29, 0.717) is 5.56 Å². The van der Waals surface area contributed by atoms with Gasteiger partial charge in [0.1, 0.15) is 5.75 Å². The molecule has 1 atom stereocenters. The normalized spacial score (nSPS) is 18.3.